The Labute approximate surface area is 151 Å². The number of fused-ring (bicyclic) bond motifs is 2. The molecule has 4 rings (SSSR count). The molecule has 2 heteroatoms. The van der Waals surface area contributed by atoms with Crippen molar-refractivity contribution in [2.24, 2.45) is 17.7 Å². The van der Waals surface area contributed by atoms with E-state index in [0.717, 1.165) is 16.7 Å². The monoisotopic (exact) mass is 333 g/mol. The molecule has 0 aromatic heterocycles. The van der Waals surface area contributed by atoms with Gasteiger partial charge in [-0.15, -0.1) is 0 Å². The molecule has 0 bridgehead atoms. The summed E-state index contributed by atoms with van der Waals surface area (Å²) in [4.78, 5) is 12.3. The molecule has 3 unspecified atom stereocenters. The van der Waals surface area contributed by atoms with Gasteiger partial charge in [0.25, 0.3) is 0 Å². The summed E-state index contributed by atoms with van der Waals surface area (Å²) in [6.45, 7) is 8.51. The number of hydrogen-bond donors (Lipinski definition) is 0. The van der Waals surface area contributed by atoms with Gasteiger partial charge in [0.1, 0.15) is 6.10 Å². The van der Waals surface area contributed by atoms with E-state index in [1.165, 1.54) is 11.1 Å². The molecular formula is C23H24O2. The SMILES string of the molecule is [2H]C1(C2OC(=O)c3ccccc32)C=C(C)C2=CC(C(C)C)=CC=C(C)C21. The first-order chi connectivity index (χ1) is 12.3. The molecule has 0 spiro atoms. The second-order valence-corrected chi connectivity index (χ2v) is 7.46. The zero-order valence-electron chi connectivity index (χ0n) is 16.2. The molecule has 1 heterocycles. The fourth-order valence-corrected chi connectivity index (χ4v) is 4.06. The van der Waals surface area contributed by atoms with Crippen LogP contribution in [-0.2, 0) is 4.74 Å². The molecule has 0 amide bonds. The fraction of sp³-hybridized carbons (Fsp3) is 0.348. The molecule has 1 aromatic rings. The van der Waals surface area contributed by atoms with E-state index in [0.29, 0.717) is 11.5 Å². The highest BCUT2D eigenvalue weighted by molar-refractivity contribution is 5.94. The van der Waals surface area contributed by atoms with Gasteiger partial charge in [-0.2, -0.15) is 0 Å². The zero-order valence-corrected chi connectivity index (χ0v) is 15.2. The number of esters is 1. The lowest BCUT2D eigenvalue weighted by Gasteiger charge is -2.26. The molecule has 2 nitrogen and oxygen atoms in total. The topological polar surface area (TPSA) is 26.3 Å². The highest BCUT2D eigenvalue weighted by Crippen LogP contribution is 2.50. The van der Waals surface area contributed by atoms with Crippen LogP contribution in [0.25, 0.3) is 0 Å². The van der Waals surface area contributed by atoms with Gasteiger partial charge < -0.3 is 4.74 Å². The Hall–Kier alpha value is -2.35. The Morgan fingerprint density at radius 1 is 1.16 bits per heavy atom. The van der Waals surface area contributed by atoms with Crippen LogP contribution >= 0.6 is 0 Å². The summed E-state index contributed by atoms with van der Waals surface area (Å²) < 4.78 is 15.1. The Morgan fingerprint density at radius 2 is 1.92 bits per heavy atom. The summed E-state index contributed by atoms with van der Waals surface area (Å²) in [5.41, 5.74) is 6.09. The van der Waals surface area contributed by atoms with Crippen molar-refractivity contribution in [3.05, 3.63) is 82.0 Å². The summed E-state index contributed by atoms with van der Waals surface area (Å²) in [5, 5.41) is 0. The van der Waals surface area contributed by atoms with Crippen molar-refractivity contribution in [2.45, 2.75) is 33.8 Å². The van der Waals surface area contributed by atoms with Crippen LogP contribution in [0.4, 0.5) is 0 Å². The maximum atomic E-state index is 12.3. The number of carbonyl (C=O) groups excluding carboxylic acids is 1. The van der Waals surface area contributed by atoms with Crippen molar-refractivity contribution < 1.29 is 10.9 Å². The lowest BCUT2D eigenvalue weighted by Crippen LogP contribution is -2.19. The average molecular weight is 333 g/mol. The van der Waals surface area contributed by atoms with E-state index >= 15 is 0 Å². The van der Waals surface area contributed by atoms with Gasteiger partial charge in [0.05, 0.1) is 5.56 Å². The van der Waals surface area contributed by atoms with Gasteiger partial charge in [-0.1, -0.05) is 67.5 Å². The number of cyclic esters (lactones) is 1. The van der Waals surface area contributed by atoms with Crippen LogP contribution < -0.4 is 0 Å². The molecule has 1 aromatic carbocycles. The molecule has 0 saturated carbocycles. The summed E-state index contributed by atoms with van der Waals surface area (Å²) in [7, 11) is 0. The molecule has 0 saturated heterocycles. The molecule has 1 aliphatic heterocycles. The van der Waals surface area contributed by atoms with Crippen LogP contribution in [0.3, 0.4) is 0 Å². The zero-order chi connectivity index (χ0) is 18.6. The maximum Gasteiger partial charge on any atom is 0.339 e. The smallest absolute Gasteiger partial charge is 0.339 e. The van der Waals surface area contributed by atoms with Crippen molar-refractivity contribution in [1.82, 2.24) is 0 Å². The normalized spacial score (nSPS) is 31.2. The predicted molar refractivity (Wildman–Crippen MR) is 100 cm³/mol. The second-order valence-electron chi connectivity index (χ2n) is 7.46. The Balaban J connectivity index is 1.85. The molecule has 3 aliphatic rings. The van der Waals surface area contributed by atoms with Crippen molar-refractivity contribution in [1.29, 1.82) is 0 Å². The number of hydrogen-bond acceptors (Lipinski definition) is 2. The molecule has 25 heavy (non-hydrogen) atoms. The van der Waals surface area contributed by atoms with E-state index in [9.17, 15) is 6.17 Å². The first-order valence-corrected chi connectivity index (χ1v) is 8.92. The molecular weight excluding hydrogens is 308 g/mol. The molecule has 2 aliphatic carbocycles. The number of allylic oxidation sites excluding steroid dienone is 7. The average Bonchev–Trinajstić information content (AvgIpc) is 2.98. The van der Waals surface area contributed by atoms with Gasteiger partial charge in [0, 0.05) is 18.7 Å². The van der Waals surface area contributed by atoms with Gasteiger partial charge in [-0.05, 0) is 37.0 Å². The number of carbonyl (C=O) groups is 1. The van der Waals surface area contributed by atoms with E-state index in [-0.39, 0.29) is 11.9 Å². The van der Waals surface area contributed by atoms with E-state index in [1.54, 1.807) is 6.07 Å². The summed E-state index contributed by atoms with van der Waals surface area (Å²) in [6, 6.07) is 7.46. The summed E-state index contributed by atoms with van der Waals surface area (Å²) >= 11 is 0. The van der Waals surface area contributed by atoms with Crippen molar-refractivity contribution in [2.75, 3.05) is 0 Å². The molecule has 0 N–H and O–H groups in total. The standard InChI is InChI=1S/C23H24O2/c1-13(2)16-10-9-14(3)21-19(12-16)15(4)11-20(21)22-17-7-5-6-8-18(17)23(24)25-22/h5-13,20-22H,1-4H3/i20D. The third kappa shape index (κ3) is 2.52. The van der Waals surface area contributed by atoms with E-state index in [1.807, 2.05) is 24.3 Å². The largest absolute Gasteiger partial charge is 0.453 e. The van der Waals surface area contributed by atoms with Crippen LogP contribution in [0.2, 0.25) is 0 Å². The number of benzene rings is 1. The van der Waals surface area contributed by atoms with Crippen molar-refractivity contribution in [3.8, 4) is 0 Å². The van der Waals surface area contributed by atoms with Gasteiger partial charge >= 0.3 is 5.97 Å². The van der Waals surface area contributed by atoms with E-state index in [4.69, 9.17) is 4.74 Å². The fourth-order valence-electron chi connectivity index (χ4n) is 4.06. The molecule has 3 atom stereocenters. The second kappa shape index (κ2) is 5.87. The lowest BCUT2D eigenvalue weighted by atomic mass is 9.80. The van der Waals surface area contributed by atoms with Crippen LogP contribution in [-0.4, -0.2) is 5.97 Å². The summed E-state index contributed by atoms with van der Waals surface area (Å²) in [6.07, 6.45) is 7.92. The minimum Gasteiger partial charge on any atom is -0.453 e. The van der Waals surface area contributed by atoms with Crippen LogP contribution in [0.5, 0.6) is 0 Å². The third-order valence-electron chi connectivity index (χ3n) is 5.46. The molecule has 128 valence electrons. The Bertz CT molecular complexity index is 916. The molecule has 0 radical (unpaired) electrons. The molecule has 0 fully saturated rings. The maximum absolute atomic E-state index is 12.3. The van der Waals surface area contributed by atoms with Gasteiger partial charge in [-0.3, -0.25) is 0 Å². The summed E-state index contributed by atoms with van der Waals surface area (Å²) in [5.74, 6) is -1.04. The number of rotatable bonds is 2. The van der Waals surface area contributed by atoms with Crippen LogP contribution in [0.15, 0.2) is 70.9 Å². The minimum absolute atomic E-state index is 0.112. The van der Waals surface area contributed by atoms with Gasteiger partial charge in [0.15, 0.2) is 0 Å². The third-order valence-corrected chi connectivity index (χ3v) is 5.46. The minimum atomic E-state index is -1.03. The Morgan fingerprint density at radius 3 is 2.68 bits per heavy atom. The lowest BCUT2D eigenvalue weighted by molar-refractivity contribution is 0.0266. The van der Waals surface area contributed by atoms with Gasteiger partial charge in [-0.25, -0.2) is 4.79 Å². The quantitative estimate of drug-likeness (QED) is 0.662. The van der Waals surface area contributed by atoms with Crippen LogP contribution in [0.1, 0.15) is 51.1 Å². The van der Waals surface area contributed by atoms with E-state index in [2.05, 4.69) is 45.9 Å². The highest BCUT2D eigenvalue weighted by atomic mass is 16.5. The number of ether oxygens (including phenoxy) is 1. The highest BCUT2D eigenvalue weighted by Gasteiger charge is 2.43. The predicted octanol–water partition coefficient (Wildman–Crippen LogP) is 5.56. The Kier molecular flexibility index (Phi) is 3.51. The first-order valence-electron chi connectivity index (χ1n) is 9.42. The van der Waals surface area contributed by atoms with E-state index < -0.39 is 12.0 Å². The van der Waals surface area contributed by atoms with Crippen molar-refractivity contribution in [3.63, 3.8) is 0 Å². The van der Waals surface area contributed by atoms with Crippen LogP contribution in [0, 0.1) is 17.7 Å². The van der Waals surface area contributed by atoms with Crippen molar-refractivity contribution >= 4 is 5.97 Å². The first kappa shape index (κ1) is 14.9. The van der Waals surface area contributed by atoms with Gasteiger partial charge in [0.2, 0.25) is 0 Å².